The molecule has 0 aliphatic rings. The Morgan fingerprint density at radius 3 is 2.75 bits per heavy atom. The largest absolute Gasteiger partial charge is 0.478 e. The van der Waals surface area contributed by atoms with Crippen molar-refractivity contribution in [2.24, 2.45) is 0 Å². The Morgan fingerprint density at radius 2 is 2.05 bits per heavy atom. The van der Waals surface area contributed by atoms with E-state index >= 15 is 0 Å². The molecule has 1 amide bonds. The van der Waals surface area contributed by atoms with Crippen LogP contribution in [0.25, 0.3) is 0 Å². The summed E-state index contributed by atoms with van der Waals surface area (Å²) < 4.78 is 0.580. The molecular formula is C12H7BrClN3O3. The number of hydrogen-bond acceptors (Lipinski definition) is 4. The Bertz CT molecular complexity index is 693. The predicted molar refractivity (Wildman–Crippen MR) is 76.1 cm³/mol. The van der Waals surface area contributed by atoms with Crippen molar-refractivity contribution >= 4 is 45.1 Å². The molecule has 8 heteroatoms. The number of amides is 1. The number of halogens is 2. The molecule has 2 rings (SSSR count). The lowest BCUT2D eigenvalue weighted by Crippen LogP contribution is -2.16. The fraction of sp³-hybridized carbons (Fsp3) is 0. The maximum absolute atomic E-state index is 12.1. The van der Waals surface area contributed by atoms with E-state index in [9.17, 15) is 9.59 Å². The van der Waals surface area contributed by atoms with Crippen molar-refractivity contribution in [1.82, 2.24) is 9.97 Å². The minimum Gasteiger partial charge on any atom is -0.478 e. The summed E-state index contributed by atoms with van der Waals surface area (Å²) in [5.41, 5.74) is 0.148. The van der Waals surface area contributed by atoms with Crippen LogP contribution in [0.15, 0.2) is 35.2 Å². The fourth-order valence-corrected chi connectivity index (χ4v) is 1.97. The number of pyridine rings is 2. The summed E-state index contributed by atoms with van der Waals surface area (Å²) in [5, 5.41) is 11.5. The second-order valence-electron chi connectivity index (χ2n) is 3.67. The topological polar surface area (TPSA) is 92.2 Å². The summed E-state index contributed by atoms with van der Waals surface area (Å²) in [4.78, 5) is 30.7. The van der Waals surface area contributed by atoms with Gasteiger partial charge in [0.05, 0.1) is 23.0 Å². The van der Waals surface area contributed by atoms with Crippen LogP contribution in [0.3, 0.4) is 0 Å². The fourth-order valence-electron chi connectivity index (χ4n) is 1.45. The highest BCUT2D eigenvalue weighted by atomic mass is 79.9. The van der Waals surface area contributed by atoms with Crippen LogP contribution in [0.4, 0.5) is 5.69 Å². The molecule has 0 atom stereocenters. The van der Waals surface area contributed by atoms with E-state index in [2.05, 4.69) is 31.2 Å². The molecule has 0 aromatic carbocycles. The molecule has 2 N–H and O–H groups in total. The molecule has 20 heavy (non-hydrogen) atoms. The van der Waals surface area contributed by atoms with Gasteiger partial charge in [-0.3, -0.25) is 9.78 Å². The zero-order valence-electron chi connectivity index (χ0n) is 9.80. The van der Waals surface area contributed by atoms with Crippen molar-refractivity contribution in [3.05, 3.63) is 51.5 Å². The molecule has 0 aliphatic carbocycles. The third-order valence-electron chi connectivity index (χ3n) is 2.35. The zero-order valence-corrected chi connectivity index (χ0v) is 12.1. The first-order valence-electron chi connectivity index (χ1n) is 5.28. The van der Waals surface area contributed by atoms with Crippen LogP contribution in [0, 0.1) is 0 Å². The van der Waals surface area contributed by atoms with E-state index < -0.39 is 11.9 Å². The lowest BCUT2D eigenvalue weighted by atomic mass is 10.2. The molecule has 0 saturated carbocycles. The number of carboxylic acids is 1. The lowest BCUT2D eigenvalue weighted by Gasteiger charge is -2.08. The molecule has 0 fully saturated rings. The van der Waals surface area contributed by atoms with Gasteiger partial charge in [-0.25, -0.2) is 9.78 Å². The van der Waals surface area contributed by atoms with Crippen LogP contribution in [0.2, 0.25) is 5.15 Å². The van der Waals surface area contributed by atoms with Crippen LogP contribution < -0.4 is 5.32 Å². The molecule has 102 valence electrons. The first-order chi connectivity index (χ1) is 9.49. The third-order valence-corrected chi connectivity index (χ3v) is 3.08. The summed E-state index contributed by atoms with van der Waals surface area (Å²) in [6.07, 6.45) is 4.03. The highest BCUT2D eigenvalue weighted by molar-refractivity contribution is 9.10. The van der Waals surface area contributed by atoms with Gasteiger partial charge in [-0.15, -0.1) is 0 Å². The lowest BCUT2D eigenvalue weighted by molar-refractivity contribution is 0.0698. The van der Waals surface area contributed by atoms with Crippen molar-refractivity contribution in [2.75, 3.05) is 5.32 Å². The summed E-state index contributed by atoms with van der Waals surface area (Å²) >= 11 is 9.02. The standard InChI is InChI=1S/C12H7BrClN3O3/c13-6-3-8(10(14)16-4-6)11(18)17-9-5-15-2-1-7(9)12(19)20/h1-5H,(H,17,18)(H,19,20). The van der Waals surface area contributed by atoms with E-state index in [0.717, 1.165) is 0 Å². The number of rotatable bonds is 3. The predicted octanol–water partition coefficient (Wildman–Crippen LogP) is 2.84. The highest BCUT2D eigenvalue weighted by Gasteiger charge is 2.16. The van der Waals surface area contributed by atoms with E-state index in [1.54, 1.807) is 0 Å². The van der Waals surface area contributed by atoms with Crippen molar-refractivity contribution in [1.29, 1.82) is 0 Å². The summed E-state index contributed by atoms with van der Waals surface area (Å²) in [6, 6.07) is 2.78. The SMILES string of the molecule is O=C(O)c1ccncc1NC(=O)c1cc(Br)cnc1Cl. The molecule has 0 saturated heterocycles. The van der Waals surface area contributed by atoms with Gasteiger partial charge in [-0.05, 0) is 28.1 Å². The van der Waals surface area contributed by atoms with Crippen LogP contribution in [0.5, 0.6) is 0 Å². The normalized spacial score (nSPS) is 10.1. The number of aromatic nitrogens is 2. The number of carboxylic acid groups (broad SMARTS) is 1. The first-order valence-corrected chi connectivity index (χ1v) is 6.46. The molecule has 0 aliphatic heterocycles. The van der Waals surface area contributed by atoms with Crippen molar-refractivity contribution < 1.29 is 14.7 Å². The Morgan fingerprint density at radius 1 is 1.30 bits per heavy atom. The average Bonchev–Trinajstić information content (AvgIpc) is 2.41. The van der Waals surface area contributed by atoms with Crippen molar-refractivity contribution in [3.8, 4) is 0 Å². The van der Waals surface area contributed by atoms with E-state index in [1.165, 1.54) is 30.7 Å². The quantitative estimate of drug-likeness (QED) is 0.825. The van der Waals surface area contributed by atoms with Crippen molar-refractivity contribution in [3.63, 3.8) is 0 Å². The summed E-state index contributed by atoms with van der Waals surface area (Å²) in [7, 11) is 0. The molecule has 6 nitrogen and oxygen atoms in total. The minimum absolute atomic E-state index is 0.0199. The first kappa shape index (κ1) is 14.4. The number of anilines is 1. The van der Waals surface area contributed by atoms with Gasteiger partial charge in [0, 0.05) is 16.9 Å². The Balaban J connectivity index is 2.33. The Labute approximate surface area is 126 Å². The molecule has 2 heterocycles. The van der Waals surface area contributed by atoms with Crippen LogP contribution >= 0.6 is 27.5 Å². The smallest absolute Gasteiger partial charge is 0.337 e. The molecule has 2 aromatic rings. The number of aromatic carboxylic acids is 1. The van der Waals surface area contributed by atoms with Gasteiger partial charge >= 0.3 is 5.97 Å². The molecule has 0 spiro atoms. The Hall–Kier alpha value is -1.99. The average molecular weight is 357 g/mol. The van der Waals surface area contributed by atoms with Gasteiger partial charge in [0.15, 0.2) is 0 Å². The maximum atomic E-state index is 12.1. The Kier molecular flexibility index (Phi) is 4.31. The van der Waals surface area contributed by atoms with E-state index in [1.807, 2.05) is 0 Å². The molecule has 0 bridgehead atoms. The molecular weight excluding hydrogens is 350 g/mol. The van der Waals surface area contributed by atoms with Gasteiger partial charge in [-0.2, -0.15) is 0 Å². The van der Waals surface area contributed by atoms with E-state index in [-0.39, 0.29) is 22.0 Å². The van der Waals surface area contributed by atoms with Gasteiger partial charge in [0.25, 0.3) is 5.91 Å². The zero-order chi connectivity index (χ0) is 14.7. The number of carbonyl (C=O) groups excluding carboxylic acids is 1. The van der Waals surface area contributed by atoms with Gasteiger partial charge in [0.2, 0.25) is 0 Å². The van der Waals surface area contributed by atoms with Crippen molar-refractivity contribution in [2.45, 2.75) is 0 Å². The number of carbonyl (C=O) groups is 2. The summed E-state index contributed by atoms with van der Waals surface area (Å²) in [5.74, 6) is -1.74. The monoisotopic (exact) mass is 355 g/mol. The van der Waals surface area contributed by atoms with E-state index in [0.29, 0.717) is 4.47 Å². The van der Waals surface area contributed by atoms with Crippen LogP contribution in [-0.4, -0.2) is 27.0 Å². The van der Waals surface area contributed by atoms with Gasteiger partial charge in [0.1, 0.15) is 5.15 Å². The number of nitrogens with one attached hydrogen (secondary N) is 1. The van der Waals surface area contributed by atoms with E-state index in [4.69, 9.17) is 16.7 Å². The summed E-state index contributed by atoms with van der Waals surface area (Å²) in [6.45, 7) is 0. The number of hydrogen-bond donors (Lipinski definition) is 2. The van der Waals surface area contributed by atoms with Crippen LogP contribution in [-0.2, 0) is 0 Å². The molecule has 0 radical (unpaired) electrons. The molecule has 0 unspecified atom stereocenters. The maximum Gasteiger partial charge on any atom is 0.337 e. The third kappa shape index (κ3) is 3.12. The molecule has 2 aromatic heterocycles. The minimum atomic E-state index is -1.17. The van der Waals surface area contributed by atoms with Gasteiger partial charge in [-0.1, -0.05) is 11.6 Å². The highest BCUT2D eigenvalue weighted by Crippen LogP contribution is 2.20. The second-order valence-corrected chi connectivity index (χ2v) is 4.95. The van der Waals surface area contributed by atoms with Crippen LogP contribution in [0.1, 0.15) is 20.7 Å². The second kappa shape index (κ2) is 5.98. The number of nitrogens with zero attached hydrogens (tertiary/aromatic N) is 2. The van der Waals surface area contributed by atoms with Gasteiger partial charge < -0.3 is 10.4 Å².